The summed E-state index contributed by atoms with van der Waals surface area (Å²) in [5, 5.41) is 0. The van der Waals surface area contributed by atoms with Crippen molar-refractivity contribution in [1.29, 1.82) is 0 Å². The lowest BCUT2D eigenvalue weighted by molar-refractivity contribution is -0.167. The van der Waals surface area contributed by atoms with Crippen molar-refractivity contribution >= 4 is 17.9 Å². The predicted octanol–water partition coefficient (Wildman–Crippen LogP) is 22.6. The summed E-state index contributed by atoms with van der Waals surface area (Å²) in [6.45, 7) is 6.65. The summed E-state index contributed by atoms with van der Waals surface area (Å²) in [6.07, 6.45) is 79.7. The van der Waals surface area contributed by atoms with Gasteiger partial charge in [0.05, 0.1) is 0 Å². The van der Waals surface area contributed by atoms with Gasteiger partial charge < -0.3 is 14.2 Å². The minimum absolute atomic E-state index is 0.0772. The van der Waals surface area contributed by atoms with Crippen LogP contribution in [0.5, 0.6) is 0 Å². The van der Waals surface area contributed by atoms with E-state index in [1.165, 1.54) is 238 Å². The number of esters is 3. The molecule has 0 aromatic carbocycles. The molecule has 6 nitrogen and oxygen atoms in total. The van der Waals surface area contributed by atoms with Gasteiger partial charge in [0.25, 0.3) is 0 Å². The maximum absolute atomic E-state index is 12.9. The van der Waals surface area contributed by atoms with Crippen LogP contribution in [0.1, 0.15) is 355 Å². The van der Waals surface area contributed by atoms with Gasteiger partial charge in [-0.2, -0.15) is 0 Å². The van der Waals surface area contributed by atoms with Gasteiger partial charge in [-0.1, -0.05) is 281 Å². The minimum Gasteiger partial charge on any atom is -0.462 e. The van der Waals surface area contributed by atoms with Crippen LogP contribution in [-0.2, 0) is 28.6 Å². The standard InChI is InChI=1S/C69H126O6/c1-4-7-10-13-16-19-22-25-28-30-32-34-36-38-41-44-47-50-53-56-59-62-68(71)74-65-66(64-73-67(70)61-58-55-52-49-46-43-40-27-24-21-18-15-12-9-6-3)75-69(72)63-60-57-54-51-48-45-42-39-37-35-33-31-29-26-23-20-17-14-11-8-5-2/h18,21,27,30-33,40,66H,4-17,19-20,22-26,28-29,34-39,41-65H2,1-3H3/b21-18-,32-30-,33-31-,40-27-. The Morgan fingerprint density at radius 3 is 0.773 bits per heavy atom. The zero-order chi connectivity index (χ0) is 54.3. The van der Waals surface area contributed by atoms with Crippen LogP contribution in [0.25, 0.3) is 0 Å². The molecule has 0 rings (SSSR count). The summed E-state index contributed by atoms with van der Waals surface area (Å²) in [7, 11) is 0. The smallest absolute Gasteiger partial charge is 0.306 e. The van der Waals surface area contributed by atoms with Crippen LogP contribution in [0.15, 0.2) is 48.6 Å². The fourth-order valence-corrected chi connectivity index (χ4v) is 9.76. The monoisotopic (exact) mass is 1050 g/mol. The number of hydrogen-bond acceptors (Lipinski definition) is 6. The van der Waals surface area contributed by atoms with E-state index in [-0.39, 0.29) is 31.1 Å². The van der Waals surface area contributed by atoms with Crippen LogP contribution >= 0.6 is 0 Å². The van der Waals surface area contributed by atoms with E-state index < -0.39 is 6.10 Å². The second-order valence-corrected chi connectivity index (χ2v) is 22.4. The largest absolute Gasteiger partial charge is 0.462 e. The first-order chi connectivity index (χ1) is 37.0. The summed E-state index contributed by atoms with van der Waals surface area (Å²) in [5.74, 6) is -0.875. The maximum Gasteiger partial charge on any atom is 0.306 e. The first kappa shape index (κ1) is 72.4. The van der Waals surface area contributed by atoms with Gasteiger partial charge in [0, 0.05) is 19.3 Å². The molecule has 0 aromatic rings. The first-order valence-electron chi connectivity index (χ1n) is 33.1. The fourth-order valence-electron chi connectivity index (χ4n) is 9.76. The van der Waals surface area contributed by atoms with Crippen LogP contribution in [-0.4, -0.2) is 37.2 Å². The lowest BCUT2D eigenvalue weighted by Crippen LogP contribution is -2.30. The second kappa shape index (κ2) is 63.9. The van der Waals surface area contributed by atoms with Gasteiger partial charge in [0.1, 0.15) is 13.2 Å². The molecule has 6 heteroatoms. The van der Waals surface area contributed by atoms with E-state index in [1.807, 2.05) is 0 Å². The van der Waals surface area contributed by atoms with Gasteiger partial charge in [-0.3, -0.25) is 14.4 Å². The summed E-state index contributed by atoms with van der Waals surface area (Å²) in [5.41, 5.74) is 0. The third-order valence-corrected chi connectivity index (χ3v) is 14.8. The Balaban J connectivity index is 4.34. The minimum atomic E-state index is -0.781. The molecule has 1 atom stereocenters. The van der Waals surface area contributed by atoms with Gasteiger partial charge in [-0.05, 0) is 103 Å². The fraction of sp³-hybridized carbons (Fsp3) is 0.841. The molecule has 0 aliphatic rings. The molecule has 0 N–H and O–H groups in total. The van der Waals surface area contributed by atoms with Crippen LogP contribution < -0.4 is 0 Å². The van der Waals surface area contributed by atoms with Gasteiger partial charge in [0.15, 0.2) is 6.10 Å². The van der Waals surface area contributed by atoms with Crippen molar-refractivity contribution in [2.75, 3.05) is 13.2 Å². The van der Waals surface area contributed by atoms with Crippen molar-refractivity contribution in [1.82, 2.24) is 0 Å². The predicted molar refractivity (Wildman–Crippen MR) is 325 cm³/mol. The molecule has 0 saturated carbocycles. The van der Waals surface area contributed by atoms with Crippen LogP contribution in [0, 0.1) is 0 Å². The van der Waals surface area contributed by atoms with Gasteiger partial charge in [-0.15, -0.1) is 0 Å². The molecule has 0 aromatic heterocycles. The highest BCUT2D eigenvalue weighted by Crippen LogP contribution is 2.17. The van der Waals surface area contributed by atoms with Crippen molar-refractivity contribution in [2.24, 2.45) is 0 Å². The van der Waals surface area contributed by atoms with Crippen molar-refractivity contribution in [2.45, 2.75) is 361 Å². The SMILES string of the molecule is CCCCC/C=C\C/C=C\CCCCCCCC(=O)OCC(COC(=O)CCCCCCCCCCC/C=C\CCCCCCCCCC)OC(=O)CCCCCCCCCCC/C=C\CCCCCCCCCC. The summed E-state index contributed by atoms with van der Waals surface area (Å²) in [6, 6.07) is 0. The average molecular weight is 1050 g/mol. The molecule has 0 amide bonds. The number of hydrogen-bond donors (Lipinski definition) is 0. The third-order valence-electron chi connectivity index (χ3n) is 14.8. The molecule has 1 unspecified atom stereocenters. The molecule has 0 spiro atoms. The lowest BCUT2D eigenvalue weighted by Gasteiger charge is -2.18. The number of unbranched alkanes of at least 4 members (excludes halogenated alkanes) is 42. The Morgan fingerprint density at radius 1 is 0.267 bits per heavy atom. The molecule has 0 bridgehead atoms. The molecule has 0 aliphatic heterocycles. The Labute approximate surface area is 467 Å². The zero-order valence-electron chi connectivity index (χ0n) is 50.3. The Morgan fingerprint density at radius 2 is 0.480 bits per heavy atom. The van der Waals surface area contributed by atoms with E-state index >= 15 is 0 Å². The number of carbonyl (C=O) groups is 3. The molecule has 0 fully saturated rings. The Kier molecular flexibility index (Phi) is 61.7. The quantitative estimate of drug-likeness (QED) is 0.0261. The average Bonchev–Trinajstić information content (AvgIpc) is 3.41. The zero-order valence-corrected chi connectivity index (χ0v) is 50.3. The molecule has 75 heavy (non-hydrogen) atoms. The van der Waals surface area contributed by atoms with E-state index in [0.29, 0.717) is 19.3 Å². The van der Waals surface area contributed by atoms with Gasteiger partial charge >= 0.3 is 17.9 Å². The summed E-state index contributed by atoms with van der Waals surface area (Å²) >= 11 is 0. The molecular weight excluding hydrogens is 925 g/mol. The molecule has 0 heterocycles. The number of rotatable bonds is 61. The van der Waals surface area contributed by atoms with E-state index in [0.717, 1.165) is 77.0 Å². The second-order valence-electron chi connectivity index (χ2n) is 22.4. The number of ether oxygens (including phenoxy) is 3. The van der Waals surface area contributed by atoms with Crippen molar-refractivity contribution in [3.63, 3.8) is 0 Å². The van der Waals surface area contributed by atoms with E-state index in [9.17, 15) is 14.4 Å². The van der Waals surface area contributed by atoms with E-state index in [4.69, 9.17) is 14.2 Å². The highest BCUT2D eigenvalue weighted by atomic mass is 16.6. The third kappa shape index (κ3) is 62.1. The Bertz CT molecular complexity index is 1300. The normalized spacial score (nSPS) is 12.3. The van der Waals surface area contributed by atoms with Crippen LogP contribution in [0.4, 0.5) is 0 Å². The van der Waals surface area contributed by atoms with Crippen LogP contribution in [0.2, 0.25) is 0 Å². The maximum atomic E-state index is 12.9. The number of carbonyl (C=O) groups excluding carboxylic acids is 3. The molecular formula is C69H126O6. The summed E-state index contributed by atoms with van der Waals surface area (Å²) < 4.78 is 17.0. The van der Waals surface area contributed by atoms with E-state index in [2.05, 4.69) is 69.4 Å². The molecule has 0 saturated heterocycles. The molecule has 0 aliphatic carbocycles. The Hall–Kier alpha value is -2.63. The van der Waals surface area contributed by atoms with Crippen molar-refractivity contribution in [3.8, 4) is 0 Å². The van der Waals surface area contributed by atoms with Crippen molar-refractivity contribution in [3.05, 3.63) is 48.6 Å². The lowest BCUT2D eigenvalue weighted by atomic mass is 10.1. The topological polar surface area (TPSA) is 78.9 Å². The summed E-state index contributed by atoms with van der Waals surface area (Å²) in [4.78, 5) is 38.4. The molecule has 0 radical (unpaired) electrons. The molecule has 438 valence electrons. The van der Waals surface area contributed by atoms with Crippen molar-refractivity contribution < 1.29 is 28.6 Å². The van der Waals surface area contributed by atoms with Crippen LogP contribution in [0.3, 0.4) is 0 Å². The highest BCUT2D eigenvalue weighted by Gasteiger charge is 2.19. The first-order valence-corrected chi connectivity index (χ1v) is 33.1. The van der Waals surface area contributed by atoms with Gasteiger partial charge in [-0.25, -0.2) is 0 Å². The number of allylic oxidation sites excluding steroid dienone is 8. The highest BCUT2D eigenvalue weighted by molar-refractivity contribution is 5.71. The van der Waals surface area contributed by atoms with Gasteiger partial charge in [0.2, 0.25) is 0 Å². The van der Waals surface area contributed by atoms with E-state index in [1.54, 1.807) is 0 Å².